The summed E-state index contributed by atoms with van der Waals surface area (Å²) in [6.07, 6.45) is 1.29. The van der Waals surface area contributed by atoms with E-state index in [0.29, 0.717) is 34.5 Å². The van der Waals surface area contributed by atoms with Gasteiger partial charge in [-0.15, -0.1) is 11.3 Å². The molecular formula is C22H25Cl2NO5S. The molecule has 1 aliphatic heterocycles. The molecule has 0 unspecified atom stereocenters. The number of benzene rings is 1. The number of hydrogen-bond donors (Lipinski definition) is 1. The maximum Gasteiger partial charge on any atom is 0.358 e. The molecule has 2 fully saturated rings. The topological polar surface area (TPSA) is 77.9 Å². The Kier molecular flexibility index (Phi) is 7.08. The maximum absolute atomic E-state index is 12.1. The average Bonchev–Trinajstić information content (AvgIpc) is 3.29. The molecule has 0 bridgehead atoms. The molecule has 168 valence electrons. The fourth-order valence-electron chi connectivity index (χ4n) is 4.35. The van der Waals surface area contributed by atoms with E-state index in [1.165, 1.54) is 11.3 Å². The zero-order valence-corrected chi connectivity index (χ0v) is 19.6. The van der Waals surface area contributed by atoms with Gasteiger partial charge in [0.05, 0.1) is 24.9 Å². The second-order valence-electron chi connectivity index (χ2n) is 8.31. The van der Waals surface area contributed by atoms with Gasteiger partial charge in [-0.2, -0.15) is 0 Å². The van der Waals surface area contributed by atoms with Gasteiger partial charge in [0.15, 0.2) is 5.69 Å². The van der Waals surface area contributed by atoms with Crippen molar-refractivity contribution in [1.82, 2.24) is 4.98 Å². The number of thiazole rings is 1. The Labute approximate surface area is 195 Å². The van der Waals surface area contributed by atoms with Gasteiger partial charge in [0.2, 0.25) is 0 Å². The van der Waals surface area contributed by atoms with Crippen molar-refractivity contribution in [2.45, 2.75) is 57.5 Å². The smallest absolute Gasteiger partial charge is 0.358 e. The van der Waals surface area contributed by atoms with Crippen molar-refractivity contribution < 1.29 is 24.1 Å². The standard InChI is InChI=1S/C22H25Cl2NO5S/c1-11(2)29-22(27)17-10-31-21(25-17)19-4-3-15-16(18(26)8-20(15)30-19)9-28-14-6-12(23)5-13(24)7-14/h5-7,10-11,15-16,18-20,26H,3-4,8-9H2,1-2H3/t15-,16-,18-,19-,20+/m1/s1. The number of carbonyl (C=O) groups is 1. The zero-order chi connectivity index (χ0) is 22.1. The molecule has 6 nitrogen and oxygen atoms in total. The number of halogens is 2. The summed E-state index contributed by atoms with van der Waals surface area (Å²) in [6, 6.07) is 5.08. The van der Waals surface area contributed by atoms with E-state index in [2.05, 4.69) is 4.98 Å². The van der Waals surface area contributed by atoms with Gasteiger partial charge in [-0.05, 0) is 50.8 Å². The highest BCUT2D eigenvalue weighted by Crippen LogP contribution is 2.46. The summed E-state index contributed by atoms with van der Waals surface area (Å²) in [4.78, 5) is 16.5. The van der Waals surface area contributed by atoms with Crippen LogP contribution in [0.2, 0.25) is 10.0 Å². The lowest BCUT2D eigenvalue weighted by atomic mass is 9.87. The van der Waals surface area contributed by atoms with E-state index in [0.717, 1.165) is 17.8 Å². The van der Waals surface area contributed by atoms with Gasteiger partial charge in [0.1, 0.15) is 16.9 Å². The Hall–Kier alpha value is -1.38. The first-order chi connectivity index (χ1) is 14.8. The number of rotatable bonds is 6. The van der Waals surface area contributed by atoms with Gasteiger partial charge in [0, 0.05) is 27.8 Å². The minimum Gasteiger partial charge on any atom is -0.493 e. The number of esters is 1. The second kappa shape index (κ2) is 9.63. The Morgan fingerprint density at radius 3 is 2.74 bits per heavy atom. The van der Waals surface area contributed by atoms with Gasteiger partial charge in [-0.25, -0.2) is 9.78 Å². The highest BCUT2D eigenvalue weighted by atomic mass is 35.5. The van der Waals surface area contributed by atoms with Crippen molar-refractivity contribution >= 4 is 40.5 Å². The van der Waals surface area contributed by atoms with Crippen molar-refractivity contribution in [3.8, 4) is 5.75 Å². The molecule has 0 amide bonds. The molecule has 1 aliphatic carbocycles. The predicted molar refractivity (Wildman–Crippen MR) is 119 cm³/mol. The van der Waals surface area contributed by atoms with E-state index in [1.54, 1.807) is 23.6 Å². The van der Waals surface area contributed by atoms with Crippen LogP contribution in [0.5, 0.6) is 5.75 Å². The molecule has 4 rings (SSSR count). The maximum atomic E-state index is 12.1. The number of aromatic nitrogens is 1. The molecule has 1 saturated heterocycles. The van der Waals surface area contributed by atoms with Crippen LogP contribution in [0, 0.1) is 11.8 Å². The SMILES string of the molecule is CC(C)OC(=O)c1csc([C@H]2CC[C@@H]3[C@@H](COc4cc(Cl)cc(Cl)c4)[C@H](O)C[C@@H]3O2)n1. The van der Waals surface area contributed by atoms with Gasteiger partial charge in [-0.1, -0.05) is 23.2 Å². The second-order valence-corrected chi connectivity index (χ2v) is 10.1. The lowest BCUT2D eigenvalue weighted by Gasteiger charge is -2.33. The molecule has 0 spiro atoms. The summed E-state index contributed by atoms with van der Waals surface area (Å²) in [5, 5.41) is 14.1. The molecule has 1 N–H and O–H groups in total. The quantitative estimate of drug-likeness (QED) is 0.558. The molecule has 1 aromatic carbocycles. The fourth-order valence-corrected chi connectivity index (χ4v) is 5.72. The Bertz CT molecular complexity index is 916. The minimum atomic E-state index is -0.503. The summed E-state index contributed by atoms with van der Waals surface area (Å²) in [7, 11) is 0. The van der Waals surface area contributed by atoms with E-state index >= 15 is 0 Å². The first kappa shape index (κ1) is 22.8. The van der Waals surface area contributed by atoms with E-state index in [-0.39, 0.29) is 30.1 Å². The van der Waals surface area contributed by atoms with Gasteiger partial charge in [-0.3, -0.25) is 0 Å². The fraction of sp³-hybridized carbons (Fsp3) is 0.545. The van der Waals surface area contributed by atoms with Crippen LogP contribution in [0.15, 0.2) is 23.6 Å². The van der Waals surface area contributed by atoms with Gasteiger partial charge in [0.25, 0.3) is 0 Å². The molecule has 5 atom stereocenters. The van der Waals surface area contributed by atoms with Crippen molar-refractivity contribution in [3.63, 3.8) is 0 Å². The Morgan fingerprint density at radius 2 is 2.03 bits per heavy atom. The molecule has 2 aliphatic rings. The number of carbonyl (C=O) groups excluding carboxylic acids is 1. The molecule has 31 heavy (non-hydrogen) atoms. The number of nitrogens with zero attached hydrogens (tertiary/aromatic N) is 1. The normalized spacial score (nSPS) is 27.9. The van der Waals surface area contributed by atoms with Gasteiger partial charge < -0.3 is 19.3 Å². The van der Waals surface area contributed by atoms with Crippen LogP contribution in [0.4, 0.5) is 0 Å². The third-order valence-corrected chi connectivity index (χ3v) is 7.10. The molecule has 2 heterocycles. The van der Waals surface area contributed by atoms with E-state index in [4.69, 9.17) is 37.4 Å². The third-order valence-electron chi connectivity index (χ3n) is 5.72. The highest BCUT2D eigenvalue weighted by Gasteiger charge is 2.47. The largest absolute Gasteiger partial charge is 0.493 e. The predicted octanol–water partition coefficient (Wildman–Crippen LogP) is 5.31. The number of hydrogen-bond acceptors (Lipinski definition) is 7. The Balaban J connectivity index is 1.37. The number of aliphatic hydroxyl groups is 1. The van der Waals surface area contributed by atoms with E-state index < -0.39 is 12.1 Å². The summed E-state index contributed by atoms with van der Waals surface area (Å²) in [5.74, 6) is 0.343. The van der Waals surface area contributed by atoms with Crippen LogP contribution in [-0.4, -0.2) is 41.0 Å². The Morgan fingerprint density at radius 1 is 1.29 bits per heavy atom. The first-order valence-corrected chi connectivity index (χ1v) is 12.0. The third kappa shape index (κ3) is 5.34. The monoisotopic (exact) mass is 485 g/mol. The number of fused-ring (bicyclic) bond motifs is 1. The lowest BCUT2D eigenvalue weighted by Crippen LogP contribution is -2.33. The van der Waals surface area contributed by atoms with Crippen molar-refractivity contribution in [3.05, 3.63) is 44.3 Å². The molecule has 1 saturated carbocycles. The molecule has 2 aromatic rings. The van der Waals surface area contributed by atoms with Crippen molar-refractivity contribution in [2.24, 2.45) is 11.8 Å². The lowest BCUT2D eigenvalue weighted by molar-refractivity contribution is -0.0812. The first-order valence-electron chi connectivity index (χ1n) is 10.4. The van der Waals surface area contributed by atoms with Crippen LogP contribution in [0.25, 0.3) is 0 Å². The van der Waals surface area contributed by atoms with E-state index in [1.807, 2.05) is 13.8 Å². The number of ether oxygens (including phenoxy) is 3. The van der Waals surface area contributed by atoms with Crippen LogP contribution < -0.4 is 4.74 Å². The van der Waals surface area contributed by atoms with Crippen LogP contribution in [-0.2, 0) is 9.47 Å². The molecule has 9 heteroatoms. The summed E-state index contributed by atoms with van der Waals surface area (Å²) < 4.78 is 17.4. The van der Waals surface area contributed by atoms with Crippen LogP contribution >= 0.6 is 34.5 Å². The highest BCUT2D eigenvalue weighted by molar-refractivity contribution is 7.09. The summed E-state index contributed by atoms with van der Waals surface area (Å²) >= 11 is 13.5. The molecule has 0 radical (unpaired) electrons. The molecular weight excluding hydrogens is 461 g/mol. The van der Waals surface area contributed by atoms with E-state index in [9.17, 15) is 9.90 Å². The zero-order valence-electron chi connectivity index (χ0n) is 17.3. The average molecular weight is 486 g/mol. The summed E-state index contributed by atoms with van der Waals surface area (Å²) in [5.41, 5.74) is 0.317. The van der Waals surface area contributed by atoms with Gasteiger partial charge >= 0.3 is 5.97 Å². The minimum absolute atomic E-state index is 0.0309. The summed E-state index contributed by atoms with van der Waals surface area (Å²) in [6.45, 7) is 3.99. The number of aliphatic hydroxyl groups excluding tert-OH is 1. The van der Waals surface area contributed by atoms with Crippen LogP contribution in [0.3, 0.4) is 0 Å². The van der Waals surface area contributed by atoms with Crippen LogP contribution in [0.1, 0.15) is 54.7 Å². The van der Waals surface area contributed by atoms with Crippen molar-refractivity contribution in [1.29, 1.82) is 0 Å². The molecule has 1 aromatic heterocycles. The van der Waals surface area contributed by atoms with Crippen molar-refractivity contribution in [2.75, 3.05) is 6.61 Å².